The summed E-state index contributed by atoms with van der Waals surface area (Å²) in [5, 5.41) is 103. The maximum Gasteiger partial charge on any atom is 0.232 e. The van der Waals surface area contributed by atoms with Crippen LogP contribution in [-0.4, -0.2) is 239 Å². The van der Waals surface area contributed by atoms with Crippen LogP contribution in [0.25, 0.3) is 0 Å². The average Bonchev–Trinajstić information content (AvgIpc) is 3.35. The van der Waals surface area contributed by atoms with Crippen LogP contribution in [0.1, 0.15) is 107 Å². The number of ether oxygens (including phenoxy) is 8. The smallest absolute Gasteiger partial charge is 0.232 e. The lowest BCUT2D eigenvalue weighted by Crippen LogP contribution is -2.66. The molecule has 4 saturated heterocycles. The average molecular weight is 1180 g/mol. The summed E-state index contributed by atoms with van der Waals surface area (Å²) in [5.74, 6) is -1.40. The highest BCUT2D eigenvalue weighted by atomic mass is 35.7. The van der Waals surface area contributed by atoms with Crippen LogP contribution < -0.4 is 17.2 Å². The van der Waals surface area contributed by atoms with Gasteiger partial charge in [0.15, 0.2) is 35.0 Å². The Morgan fingerprint density at radius 2 is 0.857 bits per heavy atom. The molecule has 16 N–H and O–H groups in total. The van der Waals surface area contributed by atoms with Crippen LogP contribution in [0.2, 0.25) is 0 Å². The molecule has 25 nitrogen and oxygen atoms in total. The number of aliphatic hydroxyl groups excluding tert-OH is 10. The van der Waals surface area contributed by atoms with Gasteiger partial charge in [-0.1, -0.05) is 55.4 Å². The van der Waals surface area contributed by atoms with Crippen LogP contribution in [0.15, 0.2) is 0 Å². The van der Waals surface area contributed by atoms with Gasteiger partial charge in [0.05, 0.1) is 79.5 Å². The van der Waals surface area contributed by atoms with E-state index in [0.717, 1.165) is 0 Å². The molecule has 2 aliphatic carbocycles. The fourth-order valence-electron chi connectivity index (χ4n) is 11.2. The summed E-state index contributed by atoms with van der Waals surface area (Å²) in [6.07, 6.45) is -15.4. The van der Waals surface area contributed by atoms with Gasteiger partial charge in [0, 0.05) is 40.2 Å². The van der Waals surface area contributed by atoms with Gasteiger partial charge in [-0.3, -0.25) is 0 Å². The van der Waals surface area contributed by atoms with E-state index in [4.69, 9.17) is 65.8 Å². The first-order valence-corrected chi connectivity index (χ1v) is 31.6. The number of nitrogens with two attached hydrogens (primary N) is 3. The number of hydrogen-bond donors (Lipinski definition) is 13. The summed E-state index contributed by atoms with van der Waals surface area (Å²) in [4.78, 5) is 0. The minimum absolute atomic E-state index is 0.0129. The van der Waals surface area contributed by atoms with Crippen LogP contribution >= 0.6 is 10.7 Å². The van der Waals surface area contributed by atoms with Gasteiger partial charge in [-0.05, 0) is 63.2 Å². The Bertz CT molecular complexity index is 1960. The molecule has 2 saturated carbocycles. The standard InChI is InChI=1S/C25H47NO11S.C21H40N2O9.C3H7ClO2S/c1-5-7-38(32,33)11-14-8-12(3)22(36-24-13(4)9-15(28)16(6-2)34-24)21(31)23(14)37-25-20(30)18(26)19(29)17(10-27)35-25;1-4-12-11(25)6-9(3)20(29-12)31-18-8(2)5-10(22)19(17(18)28)32-21-16(27)14(23)15(26)13(7-24)30-21;1-2-3-7(4,5)6/h12-25,27-31H,5-11,26H2,1-4H3;8-21,24-28H,4-7,22-23H2,1-3H3;2-3H2,1H3/t12-,13+,14-,15-,16+,17+,18-,19+,20+,21-,22?,23-,24+,25+;8-,9+,10+,11-,12+,13+,14-,15+,16+,17-,18?,19-,20+,21+;/m00./s1. The molecule has 28 heteroatoms. The lowest BCUT2D eigenvalue weighted by molar-refractivity contribution is -0.325. The lowest BCUT2D eigenvalue weighted by atomic mass is 9.77. The van der Waals surface area contributed by atoms with Crippen molar-refractivity contribution in [2.45, 2.75) is 248 Å². The molecule has 0 amide bonds. The Labute approximate surface area is 458 Å². The Hall–Kier alpha value is -0.650. The number of rotatable bonds is 18. The van der Waals surface area contributed by atoms with E-state index in [0.29, 0.717) is 51.4 Å². The van der Waals surface area contributed by atoms with Gasteiger partial charge in [-0.2, -0.15) is 0 Å². The van der Waals surface area contributed by atoms with Gasteiger partial charge in [0.2, 0.25) is 9.05 Å². The van der Waals surface area contributed by atoms with E-state index in [9.17, 15) is 67.9 Å². The topological polar surface area (TPSA) is 422 Å². The second kappa shape index (κ2) is 30.8. The van der Waals surface area contributed by atoms with Gasteiger partial charge in [-0.15, -0.1) is 0 Å². The van der Waals surface area contributed by atoms with E-state index >= 15 is 0 Å². The zero-order valence-corrected chi connectivity index (χ0v) is 48.0. The molecule has 6 fully saturated rings. The maximum absolute atomic E-state index is 12.8. The van der Waals surface area contributed by atoms with Crippen LogP contribution in [0.4, 0.5) is 0 Å². The van der Waals surface area contributed by atoms with E-state index in [2.05, 4.69) is 0 Å². The lowest BCUT2D eigenvalue weighted by Gasteiger charge is -2.48. The molecule has 77 heavy (non-hydrogen) atoms. The maximum atomic E-state index is 12.8. The van der Waals surface area contributed by atoms with Gasteiger partial charge >= 0.3 is 0 Å². The van der Waals surface area contributed by atoms with Crippen molar-refractivity contribution < 1.29 is 106 Å². The predicted molar refractivity (Wildman–Crippen MR) is 278 cm³/mol. The third kappa shape index (κ3) is 18.4. The van der Waals surface area contributed by atoms with E-state index in [1.165, 1.54) is 0 Å². The zero-order valence-electron chi connectivity index (χ0n) is 45.7. The van der Waals surface area contributed by atoms with Crippen molar-refractivity contribution in [1.29, 1.82) is 0 Å². The van der Waals surface area contributed by atoms with Crippen molar-refractivity contribution in [2.24, 2.45) is 46.8 Å². The molecule has 6 rings (SSSR count). The first-order chi connectivity index (χ1) is 36.0. The van der Waals surface area contributed by atoms with Gasteiger partial charge in [0.1, 0.15) is 54.9 Å². The van der Waals surface area contributed by atoms with E-state index < -0.39 is 173 Å². The van der Waals surface area contributed by atoms with E-state index in [1.807, 2.05) is 41.5 Å². The molecular formula is C49H94ClN3O22S2. The van der Waals surface area contributed by atoms with Crippen molar-refractivity contribution in [3.05, 3.63) is 0 Å². The molecule has 28 atom stereocenters. The van der Waals surface area contributed by atoms with Crippen LogP contribution in [0, 0.1) is 29.6 Å². The molecule has 0 bridgehead atoms. The molecule has 2 unspecified atom stereocenters. The summed E-state index contributed by atoms with van der Waals surface area (Å²) in [5.41, 5.74) is 18.0. The Balaban J connectivity index is 0.000000299. The Kier molecular flexibility index (Phi) is 27.5. The molecule has 0 aromatic carbocycles. The third-order valence-corrected chi connectivity index (χ3v) is 18.9. The second-order valence-corrected chi connectivity index (χ2v) is 27.2. The Morgan fingerprint density at radius 3 is 1.23 bits per heavy atom. The fraction of sp³-hybridized carbons (Fsp3) is 1.00. The van der Waals surface area contributed by atoms with Crippen molar-refractivity contribution in [3.8, 4) is 0 Å². The summed E-state index contributed by atoms with van der Waals surface area (Å²) < 4.78 is 92.9. The number of halogens is 1. The van der Waals surface area contributed by atoms with Crippen LogP contribution in [-0.2, 0) is 56.8 Å². The van der Waals surface area contributed by atoms with Crippen molar-refractivity contribution in [3.63, 3.8) is 0 Å². The molecule has 456 valence electrons. The molecule has 4 heterocycles. The molecule has 6 aliphatic rings. The largest absolute Gasteiger partial charge is 0.394 e. The van der Waals surface area contributed by atoms with Crippen molar-refractivity contribution in [2.75, 3.05) is 30.5 Å². The fourth-order valence-corrected chi connectivity index (χ4v) is 13.9. The minimum atomic E-state index is -3.46. The number of sulfone groups is 1. The molecule has 0 aromatic heterocycles. The normalized spacial score (nSPS) is 46.0. The SMILES string of the molecule is CCCS(=O)(=O)C[C@@H]1C[C@H](C)C(O[C@H]2O[C@H](CC)[C@@H](O)C[C@H]2C)[C@H](O)[C@H]1O[C@H]1O[C@H](CO)[C@@H](O)[C@H](N)[C@H]1O.CCCS(=O)(=O)Cl.CC[C@H]1O[C@H](OC2[C@@H](C)C[C@@H](N)[C@H](O[C@H]3O[C@H](CO)[C@@H](O)[C@H](N)[C@H]3O)[C@H]2O)[C@H](C)C[C@@H]1O. The Morgan fingerprint density at radius 1 is 0.481 bits per heavy atom. The molecule has 0 radical (unpaired) electrons. The molecular weight excluding hydrogens is 1080 g/mol. The zero-order chi connectivity index (χ0) is 58.0. The molecule has 4 aliphatic heterocycles. The van der Waals surface area contributed by atoms with Gasteiger partial charge < -0.3 is 106 Å². The monoisotopic (exact) mass is 1180 g/mol. The summed E-state index contributed by atoms with van der Waals surface area (Å²) >= 11 is 0. The molecule has 0 aromatic rings. The number of aliphatic hydroxyl groups is 10. The van der Waals surface area contributed by atoms with E-state index in [-0.39, 0.29) is 47.0 Å². The van der Waals surface area contributed by atoms with Crippen molar-refractivity contribution in [1.82, 2.24) is 0 Å². The van der Waals surface area contributed by atoms with Gasteiger partial charge in [0.25, 0.3) is 0 Å². The highest BCUT2D eigenvalue weighted by molar-refractivity contribution is 8.13. The van der Waals surface area contributed by atoms with Gasteiger partial charge in [-0.25, -0.2) is 16.8 Å². The quantitative estimate of drug-likeness (QED) is 0.0638. The van der Waals surface area contributed by atoms with E-state index in [1.54, 1.807) is 13.8 Å². The second-order valence-electron chi connectivity index (χ2n) is 22.1. The van der Waals surface area contributed by atoms with Crippen LogP contribution in [0.5, 0.6) is 0 Å². The summed E-state index contributed by atoms with van der Waals surface area (Å²) in [7, 11) is -1.86. The third-order valence-electron chi connectivity index (χ3n) is 15.6. The minimum Gasteiger partial charge on any atom is -0.394 e. The number of hydrogen-bond acceptors (Lipinski definition) is 25. The summed E-state index contributed by atoms with van der Waals surface area (Å²) in [6.45, 7) is 13.9. The predicted octanol–water partition coefficient (Wildman–Crippen LogP) is -2.38. The summed E-state index contributed by atoms with van der Waals surface area (Å²) in [6, 6.07) is -2.85. The first-order valence-electron chi connectivity index (χ1n) is 27.3. The van der Waals surface area contributed by atoms with Crippen molar-refractivity contribution >= 4 is 29.6 Å². The van der Waals surface area contributed by atoms with Crippen LogP contribution in [0.3, 0.4) is 0 Å². The highest BCUT2D eigenvalue weighted by Gasteiger charge is 2.53. The molecule has 0 spiro atoms. The highest BCUT2D eigenvalue weighted by Crippen LogP contribution is 2.40. The first kappa shape index (κ1) is 68.8.